The zero-order chi connectivity index (χ0) is 32.9. The van der Waals surface area contributed by atoms with E-state index in [9.17, 15) is 0 Å². The van der Waals surface area contributed by atoms with Crippen molar-refractivity contribution in [1.82, 2.24) is 4.90 Å². The maximum atomic E-state index is 7.50. The third-order valence-electron chi connectivity index (χ3n) is 7.55. The summed E-state index contributed by atoms with van der Waals surface area (Å²) in [7, 11) is -0.0372. The number of nitrogens with zero attached hydrogens (tertiary/aromatic N) is 1. The molecule has 222 valence electrons. The Labute approximate surface area is 254 Å². The minimum absolute atomic E-state index is 0.114. The van der Waals surface area contributed by atoms with Crippen molar-refractivity contribution >= 4 is 12.3 Å². The van der Waals surface area contributed by atoms with Crippen LogP contribution in [0, 0.1) is 39.2 Å². The van der Waals surface area contributed by atoms with Gasteiger partial charge >= 0.3 is 255 Å². The standard InChI is InChI=1S/C25H45NO2Si.5CO.W/c1-18(2)29(19(3)4,20(5)6)28-23-14-13-22(21(7)16-23)17-26-15-11-12-24(26)25(8,9)27-10;5*1-2;/h13,16,18-21,24H,11-12,14-15H2,1-10H3;;;;;;/t21-,24-;;;;;;/m0....../s1. The van der Waals surface area contributed by atoms with E-state index in [0.29, 0.717) is 28.6 Å². The van der Waals surface area contributed by atoms with Crippen LogP contribution in [0.2, 0.25) is 16.6 Å². The number of hydrogen-bond donors (Lipinski definition) is 0. The molecule has 10 heteroatoms. The first-order chi connectivity index (χ1) is 18.9. The van der Waals surface area contributed by atoms with E-state index in [0.717, 1.165) is 13.0 Å². The predicted octanol–water partition coefficient (Wildman–Crippen LogP) is 6.41. The van der Waals surface area contributed by atoms with Crippen LogP contribution in [0.25, 0.3) is 0 Å². The molecular formula is C30H45NO7SiW. The van der Waals surface area contributed by atoms with Crippen LogP contribution in [0.4, 0.5) is 0 Å². The van der Waals surface area contributed by atoms with Gasteiger partial charge in [0.05, 0.1) is 0 Å². The quantitative estimate of drug-likeness (QED) is 0.154. The number of allylic oxidation sites excluding steroid dienone is 2. The average Bonchev–Trinajstić information content (AvgIpc) is 3.47. The summed E-state index contributed by atoms with van der Waals surface area (Å²) >= 11 is 1.56. The molecule has 0 unspecified atom stereocenters. The molecule has 2 atom stereocenters. The summed E-state index contributed by atoms with van der Waals surface area (Å²) in [5, 5.41) is 0. The molecule has 1 aliphatic carbocycles. The van der Waals surface area contributed by atoms with Gasteiger partial charge < -0.3 is 0 Å². The van der Waals surface area contributed by atoms with Gasteiger partial charge in [0.1, 0.15) is 0 Å². The molecule has 1 saturated heterocycles. The molecule has 1 fully saturated rings. The first-order valence-electron chi connectivity index (χ1n) is 12.9. The molecule has 0 bridgehead atoms. The van der Waals surface area contributed by atoms with Gasteiger partial charge in [-0.25, -0.2) is 0 Å². The van der Waals surface area contributed by atoms with Crippen LogP contribution in [0.3, 0.4) is 0 Å². The van der Waals surface area contributed by atoms with Crippen molar-refractivity contribution < 1.29 is 51.8 Å². The van der Waals surface area contributed by atoms with Gasteiger partial charge in [-0.05, 0) is 0 Å². The van der Waals surface area contributed by atoms with E-state index in [2.05, 4.69) is 113 Å². The van der Waals surface area contributed by atoms with E-state index in [-0.39, 0.29) is 5.60 Å². The molecule has 0 saturated carbocycles. The van der Waals surface area contributed by atoms with E-state index in [1.807, 2.05) is 7.11 Å². The molecule has 0 aromatic carbocycles. The van der Waals surface area contributed by atoms with Crippen LogP contribution < -0.4 is 0 Å². The topological polar surface area (TPSA) is 121 Å². The first-order valence-corrected chi connectivity index (χ1v) is 16.5. The molecule has 0 aromatic rings. The Morgan fingerprint density at radius 1 is 0.925 bits per heavy atom. The number of likely N-dealkylation sites (tertiary alicyclic amines) is 1. The third kappa shape index (κ3) is 12.3. The van der Waals surface area contributed by atoms with Crippen molar-refractivity contribution in [3.8, 4) is 0 Å². The van der Waals surface area contributed by atoms with Gasteiger partial charge in [0.25, 0.3) is 0 Å². The third-order valence-corrected chi connectivity index (χ3v) is 15.3. The number of hydrogen-bond acceptors (Lipinski definition) is 3. The summed E-state index contributed by atoms with van der Waals surface area (Å²) in [4.78, 5) is 2.64. The summed E-state index contributed by atoms with van der Waals surface area (Å²) in [5.41, 5.74) is 3.22. The zero-order valence-corrected chi connectivity index (χ0v) is 29.5. The summed E-state index contributed by atoms with van der Waals surface area (Å²) in [5.74, 6) is 1.62. The van der Waals surface area contributed by atoms with E-state index in [1.54, 1.807) is 19.4 Å². The van der Waals surface area contributed by atoms with Gasteiger partial charge in [-0.3, -0.25) is 0 Å². The van der Waals surface area contributed by atoms with Crippen molar-refractivity contribution in [3.63, 3.8) is 0 Å². The van der Waals surface area contributed by atoms with Gasteiger partial charge in [-0.15, -0.1) is 0 Å². The molecular weight excluding hydrogens is 698 g/mol. The maximum absolute atomic E-state index is 7.50. The van der Waals surface area contributed by atoms with Crippen LogP contribution >= 0.6 is 0 Å². The Kier molecular flexibility index (Phi) is 27.7. The van der Waals surface area contributed by atoms with Crippen LogP contribution in [0.15, 0.2) is 23.5 Å². The van der Waals surface area contributed by atoms with Crippen molar-refractivity contribution in [2.24, 2.45) is 5.92 Å². The minimum atomic E-state index is -1.89. The fourth-order valence-electron chi connectivity index (χ4n) is 5.81. The molecule has 0 amide bonds. The van der Waals surface area contributed by atoms with Gasteiger partial charge in [-0.2, -0.15) is 0 Å². The summed E-state index contributed by atoms with van der Waals surface area (Å²) in [6, 6.07) is 0.465. The Hall–Kier alpha value is -1.32. The van der Waals surface area contributed by atoms with Gasteiger partial charge in [-0.1, -0.05) is 0 Å². The normalized spacial score (nSPS) is 18.2. The van der Waals surface area contributed by atoms with E-state index in [1.165, 1.54) is 28.2 Å². The average molecular weight is 744 g/mol. The number of rotatable bonds is 9. The molecule has 1 aliphatic heterocycles. The van der Waals surface area contributed by atoms with E-state index >= 15 is 0 Å². The molecule has 2 rings (SSSR count). The summed E-state index contributed by atoms with van der Waals surface area (Å²) in [6.07, 6.45) is 8.28. The van der Waals surface area contributed by atoms with Crippen molar-refractivity contribution in [2.75, 3.05) is 13.7 Å². The number of ether oxygens (including phenoxy) is 1. The molecule has 0 radical (unpaired) electrons. The first kappa shape index (κ1) is 45.7. The number of methoxy groups -OCH3 is 1. The Morgan fingerprint density at radius 2 is 1.35 bits per heavy atom. The predicted molar refractivity (Wildman–Crippen MR) is 148 cm³/mol. The van der Waals surface area contributed by atoms with Gasteiger partial charge in [0, 0.05) is 0 Å². The monoisotopic (exact) mass is 743 g/mol. The molecule has 40 heavy (non-hydrogen) atoms. The summed E-state index contributed by atoms with van der Waals surface area (Å²) in [6.45, 7) is 44.7. The van der Waals surface area contributed by atoms with Crippen LogP contribution in [-0.2, 0) is 51.8 Å². The van der Waals surface area contributed by atoms with E-state index < -0.39 is 8.32 Å². The molecule has 0 aromatic heterocycles. The van der Waals surface area contributed by atoms with Crippen LogP contribution in [0.1, 0.15) is 81.6 Å². The van der Waals surface area contributed by atoms with Gasteiger partial charge in [0.2, 0.25) is 0 Å². The van der Waals surface area contributed by atoms with Crippen molar-refractivity contribution in [3.05, 3.63) is 56.7 Å². The SMILES string of the molecule is COC(C)(C)[C@@H]1CCCN1[C](=[W])C1=CCC(O[Si](C(C)C)(C(C)C)C(C)C)=C[C@@H]1C.[C-]#[O+].[C-]#[O+].[C-]#[O+].[C-]#[O+].[C-]#[O+]. The second kappa shape index (κ2) is 24.3. The zero-order valence-electron chi connectivity index (χ0n) is 25.6. The van der Waals surface area contributed by atoms with Crippen LogP contribution in [0.5, 0.6) is 0 Å². The fourth-order valence-corrected chi connectivity index (χ4v) is 12.9. The Morgan fingerprint density at radius 3 is 1.70 bits per heavy atom. The summed E-state index contributed by atoms with van der Waals surface area (Å²) < 4.78 is 51.9. The van der Waals surface area contributed by atoms with Gasteiger partial charge in [0.15, 0.2) is 0 Å². The molecule has 1 heterocycles. The second-order valence-corrected chi connectivity index (χ2v) is 17.4. The molecule has 0 spiro atoms. The van der Waals surface area contributed by atoms with Crippen molar-refractivity contribution in [2.45, 2.75) is 110 Å². The molecule has 8 nitrogen and oxygen atoms in total. The Balaban J connectivity index is -0.000000582. The Bertz CT molecular complexity index is 841. The van der Waals surface area contributed by atoms with E-state index in [4.69, 9.17) is 32.4 Å². The second-order valence-electron chi connectivity index (χ2n) is 10.7. The molecule has 0 N–H and O–H groups in total. The van der Waals surface area contributed by atoms with Crippen LogP contribution in [-0.4, -0.2) is 42.5 Å². The van der Waals surface area contributed by atoms with Crippen molar-refractivity contribution in [1.29, 1.82) is 0 Å². The molecule has 2 aliphatic rings. The fraction of sp³-hybridized carbons (Fsp3) is 0.667.